The molecule has 0 radical (unpaired) electrons. The molecule has 1 rings (SSSR count). The van der Waals surface area contributed by atoms with Gasteiger partial charge in [-0.15, -0.1) is 0 Å². The molecule has 0 aliphatic carbocycles. The molecule has 0 saturated carbocycles. The molecule has 0 aromatic carbocycles. The third kappa shape index (κ3) is 1.89. The molecule has 0 fully saturated rings. The van der Waals surface area contributed by atoms with Crippen LogP contribution in [0.15, 0.2) is 12.3 Å². The summed E-state index contributed by atoms with van der Waals surface area (Å²) in [6.45, 7) is 4.16. The Balaban J connectivity index is 3.03. The number of rotatable bonds is 2. The molecule has 0 spiro atoms. The van der Waals surface area contributed by atoms with Crippen LogP contribution in [0.4, 0.5) is 0 Å². The zero-order chi connectivity index (χ0) is 9.14. The van der Waals surface area contributed by atoms with Crippen LogP contribution in [0, 0.1) is 0 Å². The second-order valence-corrected chi connectivity index (χ2v) is 3.31. The third-order valence-electron chi connectivity index (χ3n) is 1.69. The minimum absolute atomic E-state index is 0.399. The van der Waals surface area contributed by atoms with Crippen molar-refractivity contribution in [3.63, 3.8) is 0 Å². The van der Waals surface area contributed by atoms with Crippen LogP contribution in [0.1, 0.15) is 25.3 Å². The zero-order valence-electron chi connectivity index (χ0n) is 7.47. The maximum absolute atomic E-state index is 5.98. The Morgan fingerprint density at radius 1 is 1.50 bits per heavy atom. The van der Waals surface area contributed by atoms with Crippen LogP contribution in [0.25, 0.3) is 0 Å². The summed E-state index contributed by atoms with van der Waals surface area (Å²) in [5, 5.41) is 0.719. The SMILES string of the molecule is COc1cc(Cl)c(C(C)C)cn1. The Morgan fingerprint density at radius 3 is 2.58 bits per heavy atom. The fourth-order valence-electron chi connectivity index (χ4n) is 0.960. The van der Waals surface area contributed by atoms with Gasteiger partial charge in [0.05, 0.1) is 12.1 Å². The van der Waals surface area contributed by atoms with Crippen LogP contribution >= 0.6 is 11.6 Å². The summed E-state index contributed by atoms with van der Waals surface area (Å²) in [6.07, 6.45) is 1.76. The van der Waals surface area contributed by atoms with Crippen molar-refractivity contribution in [2.24, 2.45) is 0 Å². The lowest BCUT2D eigenvalue weighted by atomic mass is 10.1. The standard InChI is InChI=1S/C9H12ClNO/c1-6(2)7-5-11-9(12-3)4-8(7)10/h4-6H,1-3H3. The molecule has 3 heteroatoms. The number of halogens is 1. The molecule has 12 heavy (non-hydrogen) atoms. The van der Waals surface area contributed by atoms with E-state index < -0.39 is 0 Å². The van der Waals surface area contributed by atoms with Gasteiger partial charge in [0.15, 0.2) is 0 Å². The first-order chi connectivity index (χ1) is 5.65. The predicted molar refractivity (Wildman–Crippen MR) is 49.9 cm³/mol. The highest BCUT2D eigenvalue weighted by molar-refractivity contribution is 6.31. The van der Waals surface area contributed by atoms with E-state index in [1.807, 2.05) is 0 Å². The number of nitrogens with zero attached hydrogens (tertiary/aromatic N) is 1. The highest BCUT2D eigenvalue weighted by Crippen LogP contribution is 2.25. The van der Waals surface area contributed by atoms with Gasteiger partial charge in [0.1, 0.15) is 0 Å². The van der Waals surface area contributed by atoms with Crippen molar-refractivity contribution in [2.45, 2.75) is 19.8 Å². The van der Waals surface area contributed by atoms with Gasteiger partial charge in [-0.3, -0.25) is 0 Å². The number of aromatic nitrogens is 1. The zero-order valence-corrected chi connectivity index (χ0v) is 8.22. The quantitative estimate of drug-likeness (QED) is 0.707. The van der Waals surface area contributed by atoms with Gasteiger partial charge >= 0.3 is 0 Å². The van der Waals surface area contributed by atoms with Gasteiger partial charge in [-0.2, -0.15) is 0 Å². The van der Waals surface area contributed by atoms with Crippen LogP contribution < -0.4 is 4.74 Å². The van der Waals surface area contributed by atoms with Crippen LogP contribution in [0.5, 0.6) is 5.88 Å². The minimum Gasteiger partial charge on any atom is -0.481 e. The second kappa shape index (κ2) is 3.76. The summed E-state index contributed by atoms with van der Waals surface area (Å²) >= 11 is 5.98. The van der Waals surface area contributed by atoms with Crippen LogP contribution in [-0.2, 0) is 0 Å². The first-order valence-corrected chi connectivity index (χ1v) is 4.22. The smallest absolute Gasteiger partial charge is 0.214 e. The van der Waals surface area contributed by atoms with Gasteiger partial charge in [0, 0.05) is 12.3 Å². The molecule has 0 bridgehead atoms. The molecular weight excluding hydrogens is 174 g/mol. The third-order valence-corrected chi connectivity index (χ3v) is 2.02. The Bertz CT molecular complexity index is 273. The highest BCUT2D eigenvalue weighted by Gasteiger charge is 2.06. The van der Waals surface area contributed by atoms with Crippen molar-refractivity contribution >= 4 is 11.6 Å². The largest absolute Gasteiger partial charge is 0.481 e. The lowest BCUT2D eigenvalue weighted by Crippen LogP contribution is -1.93. The fraction of sp³-hybridized carbons (Fsp3) is 0.444. The Labute approximate surface area is 77.5 Å². The van der Waals surface area contributed by atoms with Crippen molar-refractivity contribution < 1.29 is 4.74 Å². The molecule has 0 atom stereocenters. The maximum Gasteiger partial charge on any atom is 0.214 e. The Hall–Kier alpha value is -0.760. The molecule has 0 amide bonds. The van der Waals surface area contributed by atoms with Crippen molar-refractivity contribution in [1.82, 2.24) is 4.98 Å². The van der Waals surface area contributed by atoms with E-state index in [9.17, 15) is 0 Å². The van der Waals surface area contributed by atoms with E-state index in [0.717, 1.165) is 10.6 Å². The summed E-state index contributed by atoms with van der Waals surface area (Å²) in [5.41, 5.74) is 1.05. The molecular formula is C9H12ClNO. The van der Waals surface area contributed by atoms with E-state index >= 15 is 0 Å². The molecule has 1 heterocycles. The molecule has 0 aliphatic heterocycles. The van der Waals surface area contributed by atoms with Crippen molar-refractivity contribution in [1.29, 1.82) is 0 Å². The summed E-state index contributed by atoms with van der Waals surface area (Å²) in [4.78, 5) is 4.07. The average molecular weight is 186 g/mol. The lowest BCUT2D eigenvalue weighted by molar-refractivity contribution is 0.397. The van der Waals surface area contributed by atoms with E-state index in [0.29, 0.717) is 11.8 Å². The Kier molecular flexibility index (Phi) is 2.93. The summed E-state index contributed by atoms with van der Waals surface area (Å²) in [5.74, 6) is 0.959. The summed E-state index contributed by atoms with van der Waals surface area (Å²) in [6, 6.07) is 1.73. The first-order valence-electron chi connectivity index (χ1n) is 3.84. The predicted octanol–water partition coefficient (Wildman–Crippen LogP) is 2.87. The molecule has 1 aromatic heterocycles. The topological polar surface area (TPSA) is 22.1 Å². The monoisotopic (exact) mass is 185 g/mol. The Morgan fingerprint density at radius 2 is 2.17 bits per heavy atom. The van der Waals surface area contributed by atoms with Crippen LogP contribution in [0.2, 0.25) is 5.02 Å². The first kappa shape index (κ1) is 9.33. The van der Waals surface area contributed by atoms with Gasteiger partial charge in [0.2, 0.25) is 5.88 Å². The van der Waals surface area contributed by atoms with Gasteiger partial charge in [0.25, 0.3) is 0 Å². The van der Waals surface area contributed by atoms with Crippen molar-refractivity contribution in [2.75, 3.05) is 7.11 Å². The number of methoxy groups -OCH3 is 1. The highest BCUT2D eigenvalue weighted by atomic mass is 35.5. The molecule has 2 nitrogen and oxygen atoms in total. The van der Waals surface area contributed by atoms with E-state index in [1.54, 1.807) is 19.4 Å². The van der Waals surface area contributed by atoms with Gasteiger partial charge < -0.3 is 4.74 Å². The molecule has 0 saturated heterocycles. The number of hydrogen-bond donors (Lipinski definition) is 0. The van der Waals surface area contributed by atoms with E-state index in [2.05, 4.69) is 18.8 Å². The van der Waals surface area contributed by atoms with Gasteiger partial charge in [-0.05, 0) is 11.5 Å². The van der Waals surface area contributed by atoms with Gasteiger partial charge in [-0.25, -0.2) is 4.98 Å². The van der Waals surface area contributed by atoms with Crippen LogP contribution in [0.3, 0.4) is 0 Å². The van der Waals surface area contributed by atoms with Crippen molar-refractivity contribution in [3.05, 3.63) is 22.8 Å². The number of ether oxygens (including phenoxy) is 1. The number of hydrogen-bond acceptors (Lipinski definition) is 2. The summed E-state index contributed by atoms with van der Waals surface area (Å²) in [7, 11) is 1.58. The molecule has 0 unspecified atom stereocenters. The fourth-order valence-corrected chi connectivity index (χ4v) is 1.32. The average Bonchev–Trinajstić information content (AvgIpc) is 2.03. The maximum atomic E-state index is 5.98. The molecule has 66 valence electrons. The molecule has 1 aromatic rings. The van der Waals surface area contributed by atoms with Gasteiger partial charge in [-0.1, -0.05) is 25.4 Å². The normalized spacial score (nSPS) is 10.4. The molecule has 0 N–H and O–H groups in total. The minimum atomic E-state index is 0.399. The van der Waals surface area contributed by atoms with E-state index in [-0.39, 0.29) is 0 Å². The number of pyridine rings is 1. The van der Waals surface area contributed by atoms with E-state index in [4.69, 9.17) is 16.3 Å². The van der Waals surface area contributed by atoms with Crippen molar-refractivity contribution in [3.8, 4) is 5.88 Å². The lowest BCUT2D eigenvalue weighted by Gasteiger charge is -2.07. The van der Waals surface area contributed by atoms with Crippen LogP contribution in [-0.4, -0.2) is 12.1 Å². The second-order valence-electron chi connectivity index (χ2n) is 2.90. The molecule has 0 aliphatic rings. The summed E-state index contributed by atoms with van der Waals surface area (Å²) < 4.78 is 4.93. The van der Waals surface area contributed by atoms with E-state index in [1.165, 1.54) is 0 Å².